The van der Waals surface area contributed by atoms with Crippen molar-refractivity contribution < 1.29 is 4.79 Å². The highest BCUT2D eigenvalue weighted by Gasteiger charge is 2.12. The molecule has 26 heavy (non-hydrogen) atoms. The van der Waals surface area contributed by atoms with E-state index in [-0.39, 0.29) is 5.91 Å². The number of thioether (sulfide) groups is 1. The van der Waals surface area contributed by atoms with Gasteiger partial charge < -0.3 is 0 Å². The number of carbonyl (C=O) groups is 1. The Morgan fingerprint density at radius 2 is 2.23 bits per heavy atom. The average molecular weight is 404 g/mol. The van der Waals surface area contributed by atoms with Crippen molar-refractivity contribution in [2.24, 2.45) is 0 Å². The molecular weight excluding hydrogens is 386 g/mol. The Hall–Kier alpha value is -2.23. The lowest BCUT2D eigenvalue weighted by molar-refractivity contribution is 0.102. The Morgan fingerprint density at radius 1 is 1.46 bits per heavy atom. The molecule has 1 amide bonds. The molecule has 0 aliphatic carbocycles. The van der Waals surface area contributed by atoms with Gasteiger partial charge in [-0.1, -0.05) is 6.08 Å². The molecule has 0 aliphatic heterocycles. The number of aromatic nitrogens is 4. The van der Waals surface area contributed by atoms with Crippen LogP contribution in [-0.2, 0) is 13.0 Å². The summed E-state index contributed by atoms with van der Waals surface area (Å²) in [6.07, 6.45) is 4.29. The number of benzene rings is 1. The normalized spacial score (nSPS) is 10.7. The number of carbonyl (C=O) groups excluding carboxylic acids is 1. The maximum Gasteiger partial charge on any atom is 0.257 e. The summed E-state index contributed by atoms with van der Waals surface area (Å²) in [5.74, 6) is 0.610. The molecule has 2 heterocycles. The molecule has 0 spiro atoms. The second-order valence-corrected chi connectivity index (χ2v) is 7.47. The Labute approximate surface area is 164 Å². The van der Waals surface area contributed by atoms with Gasteiger partial charge in [0.1, 0.15) is 5.82 Å². The second-order valence-electron chi connectivity index (χ2n) is 5.35. The van der Waals surface area contributed by atoms with Crippen LogP contribution in [0.1, 0.15) is 21.9 Å². The van der Waals surface area contributed by atoms with Gasteiger partial charge in [-0.15, -0.1) is 29.7 Å². The van der Waals surface area contributed by atoms with Gasteiger partial charge in [0.2, 0.25) is 0 Å². The molecule has 0 radical (unpaired) electrons. The summed E-state index contributed by atoms with van der Waals surface area (Å²) in [7, 11) is 0. The molecule has 2 aromatic heterocycles. The number of nitrogens with zero attached hydrogens (tertiary/aromatic N) is 3. The first-order valence-corrected chi connectivity index (χ1v) is 10.3. The first kappa shape index (κ1) is 18.6. The van der Waals surface area contributed by atoms with Gasteiger partial charge in [0.05, 0.1) is 12.1 Å². The lowest BCUT2D eigenvalue weighted by Crippen LogP contribution is -2.11. The third kappa shape index (κ3) is 4.29. The van der Waals surface area contributed by atoms with Crippen molar-refractivity contribution in [2.45, 2.75) is 17.9 Å². The number of amides is 1. The van der Waals surface area contributed by atoms with Gasteiger partial charge in [-0.25, -0.2) is 4.98 Å². The zero-order valence-electron chi connectivity index (χ0n) is 14.1. The van der Waals surface area contributed by atoms with Gasteiger partial charge >= 0.3 is 0 Å². The monoisotopic (exact) mass is 403 g/mol. The molecule has 1 aromatic carbocycles. The van der Waals surface area contributed by atoms with Crippen LogP contribution in [0.3, 0.4) is 0 Å². The molecule has 3 aromatic rings. The van der Waals surface area contributed by atoms with Crippen molar-refractivity contribution in [3.63, 3.8) is 0 Å². The van der Waals surface area contributed by atoms with Gasteiger partial charge in [0.15, 0.2) is 9.90 Å². The van der Waals surface area contributed by atoms with E-state index in [2.05, 4.69) is 27.1 Å². The minimum absolute atomic E-state index is 0.173. The Balaban J connectivity index is 1.68. The van der Waals surface area contributed by atoms with E-state index in [1.54, 1.807) is 17.8 Å². The van der Waals surface area contributed by atoms with Crippen LogP contribution in [-0.4, -0.2) is 31.9 Å². The number of aromatic amines is 1. The molecule has 0 saturated heterocycles. The Kier molecular flexibility index (Phi) is 6.02. The molecule has 9 heteroatoms. The van der Waals surface area contributed by atoms with Crippen molar-refractivity contribution in [1.29, 1.82) is 0 Å². The third-order valence-corrected chi connectivity index (χ3v) is 5.47. The largest absolute Gasteiger partial charge is 0.300 e. The van der Waals surface area contributed by atoms with Crippen LogP contribution in [0.15, 0.2) is 47.2 Å². The van der Waals surface area contributed by atoms with E-state index in [0.717, 1.165) is 16.4 Å². The summed E-state index contributed by atoms with van der Waals surface area (Å²) in [5.41, 5.74) is 1.42. The lowest BCUT2D eigenvalue weighted by Gasteiger charge is -2.03. The highest BCUT2D eigenvalue weighted by atomic mass is 32.2. The van der Waals surface area contributed by atoms with Crippen LogP contribution >= 0.6 is 35.3 Å². The fourth-order valence-electron chi connectivity index (χ4n) is 2.32. The van der Waals surface area contributed by atoms with E-state index in [9.17, 15) is 4.79 Å². The highest BCUT2D eigenvalue weighted by molar-refractivity contribution is 7.98. The molecule has 0 bridgehead atoms. The summed E-state index contributed by atoms with van der Waals surface area (Å²) in [4.78, 5) is 17.9. The molecule has 0 fully saturated rings. The molecule has 0 aliphatic rings. The fourth-order valence-corrected chi connectivity index (χ4v) is 3.66. The van der Waals surface area contributed by atoms with Crippen molar-refractivity contribution in [2.75, 3.05) is 11.6 Å². The van der Waals surface area contributed by atoms with Crippen molar-refractivity contribution in [1.82, 2.24) is 19.7 Å². The minimum atomic E-state index is -0.173. The van der Waals surface area contributed by atoms with Gasteiger partial charge in [0, 0.05) is 22.4 Å². The number of thiazole rings is 1. The smallest absolute Gasteiger partial charge is 0.257 e. The van der Waals surface area contributed by atoms with Crippen LogP contribution in [0.25, 0.3) is 0 Å². The Bertz CT molecular complexity index is 971. The van der Waals surface area contributed by atoms with E-state index in [1.165, 1.54) is 11.3 Å². The first-order valence-electron chi connectivity index (χ1n) is 7.75. The highest BCUT2D eigenvalue weighted by Crippen LogP contribution is 2.20. The quantitative estimate of drug-likeness (QED) is 0.352. The molecule has 3 rings (SSSR count). The molecule has 134 valence electrons. The van der Waals surface area contributed by atoms with Gasteiger partial charge in [-0.3, -0.25) is 19.8 Å². The van der Waals surface area contributed by atoms with Crippen LogP contribution in [0, 0.1) is 4.77 Å². The molecule has 0 atom stereocenters. The number of allylic oxidation sites excluding steroid dienone is 1. The predicted octanol–water partition coefficient (Wildman–Crippen LogP) is 4.15. The number of H-pyrrole nitrogens is 1. The summed E-state index contributed by atoms with van der Waals surface area (Å²) in [6, 6.07) is 7.47. The second kappa shape index (κ2) is 8.43. The van der Waals surface area contributed by atoms with Crippen molar-refractivity contribution in [3.05, 3.63) is 64.2 Å². The van der Waals surface area contributed by atoms with E-state index in [0.29, 0.717) is 28.4 Å². The van der Waals surface area contributed by atoms with Gasteiger partial charge in [0.25, 0.3) is 5.91 Å². The minimum Gasteiger partial charge on any atom is -0.300 e. The molecule has 6 nitrogen and oxygen atoms in total. The molecule has 0 unspecified atom stereocenters. The topological polar surface area (TPSA) is 75.6 Å². The van der Waals surface area contributed by atoms with E-state index >= 15 is 0 Å². The maximum atomic E-state index is 12.3. The number of hydrogen-bond acceptors (Lipinski definition) is 6. The summed E-state index contributed by atoms with van der Waals surface area (Å²) in [6.45, 7) is 4.32. The van der Waals surface area contributed by atoms with Crippen LogP contribution in [0.5, 0.6) is 0 Å². The van der Waals surface area contributed by atoms with E-state index < -0.39 is 0 Å². The summed E-state index contributed by atoms with van der Waals surface area (Å²) >= 11 is 8.23. The summed E-state index contributed by atoms with van der Waals surface area (Å²) < 4.78 is 2.42. The van der Waals surface area contributed by atoms with Crippen LogP contribution in [0.2, 0.25) is 0 Å². The van der Waals surface area contributed by atoms with E-state index in [4.69, 9.17) is 12.2 Å². The van der Waals surface area contributed by atoms with Crippen molar-refractivity contribution >= 4 is 46.4 Å². The third-order valence-electron chi connectivity index (χ3n) is 3.61. The lowest BCUT2D eigenvalue weighted by atomic mass is 10.2. The summed E-state index contributed by atoms with van der Waals surface area (Å²) in [5, 5.41) is 12.3. The van der Waals surface area contributed by atoms with Crippen molar-refractivity contribution in [3.8, 4) is 0 Å². The first-order chi connectivity index (χ1) is 12.6. The number of hydrogen-bond donors (Lipinski definition) is 2. The maximum absolute atomic E-state index is 12.3. The predicted molar refractivity (Wildman–Crippen MR) is 109 cm³/mol. The standard InChI is InChI=1S/C17H17N5OS3/c1-3-8-22-14(20-21-17(22)24)9-12-10-26-16(18-12)19-15(23)11-4-6-13(25-2)7-5-11/h3-7,10H,1,8-9H2,2H3,(H,21,24)(H,18,19,23). The molecular formula is C17H17N5OS3. The Morgan fingerprint density at radius 3 is 2.92 bits per heavy atom. The molecule has 0 saturated carbocycles. The van der Waals surface area contributed by atoms with Crippen LogP contribution < -0.4 is 5.32 Å². The number of rotatable bonds is 7. The fraction of sp³-hybridized carbons (Fsp3) is 0.176. The average Bonchev–Trinajstić information content (AvgIpc) is 3.23. The number of nitrogens with one attached hydrogen (secondary N) is 2. The van der Waals surface area contributed by atoms with Crippen LogP contribution in [0.4, 0.5) is 5.13 Å². The zero-order valence-corrected chi connectivity index (χ0v) is 16.5. The van der Waals surface area contributed by atoms with Gasteiger partial charge in [-0.2, -0.15) is 5.10 Å². The number of anilines is 1. The zero-order chi connectivity index (χ0) is 18.5. The van der Waals surface area contributed by atoms with Gasteiger partial charge in [-0.05, 0) is 42.7 Å². The SMILES string of the molecule is C=CCn1c(Cc2csc(NC(=O)c3ccc(SC)cc3)n2)n[nH]c1=S. The molecule has 2 N–H and O–H groups in total. The van der Waals surface area contributed by atoms with E-state index in [1.807, 2.05) is 40.5 Å².